The first-order valence-electron chi connectivity index (χ1n) is 11.4. The van der Waals surface area contributed by atoms with Gasteiger partial charge in [0.15, 0.2) is 0 Å². The molecule has 0 bridgehead atoms. The van der Waals surface area contributed by atoms with Gasteiger partial charge in [-0.1, -0.05) is 59.6 Å². The summed E-state index contributed by atoms with van der Waals surface area (Å²) < 4.78 is 26.9. The lowest BCUT2D eigenvalue weighted by Gasteiger charge is -2.29. The van der Waals surface area contributed by atoms with Crippen LogP contribution in [0, 0.1) is 5.92 Å². The summed E-state index contributed by atoms with van der Waals surface area (Å²) in [7, 11) is -3.57. The highest BCUT2D eigenvalue weighted by Gasteiger charge is 2.26. The maximum absolute atomic E-state index is 13.3. The Kier molecular flexibility index (Phi) is 11.0. The number of amides is 2. The molecule has 2 aromatic carbocycles. The molecule has 1 unspecified atom stereocenters. The summed E-state index contributed by atoms with van der Waals surface area (Å²) in [6.07, 6.45) is 1.49. The van der Waals surface area contributed by atoms with Crippen molar-refractivity contribution in [2.24, 2.45) is 5.92 Å². The van der Waals surface area contributed by atoms with E-state index in [9.17, 15) is 18.0 Å². The number of nitrogens with one attached hydrogen (secondary N) is 1. The third-order valence-corrected chi connectivity index (χ3v) is 7.26. The first kappa shape index (κ1) is 29.1. The van der Waals surface area contributed by atoms with E-state index >= 15 is 0 Å². The highest BCUT2D eigenvalue weighted by molar-refractivity contribution is 9.10. The molecule has 0 saturated carbocycles. The molecule has 1 N–H and O–H groups in total. The molecule has 0 saturated heterocycles. The van der Waals surface area contributed by atoms with Crippen LogP contribution in [-0.4, -0.2) is 50.5 Å². The van der Waals surface area contributed by atoms with E-state index in [0.717, 1.165) is 16.3 Å². The van der Waals surface area contributed by atoms with Gasteiger partial charge in [0.1, 0.15) is 6.04 Å². The normalized spacial score (nSPS) is 12.3. The third-order valence-electron chi connectivity index (χ3n) is 5.34. The van der Waals surface area contributed by atoms with Gasteiger partial charge >= 0.3 is 0 Å². The number of hydrogen-bond donors (Lipinski definition) is 1. The molecule has 35 heavy (non-hydrogen) atoms. The molecule has 2 amide bonds. The molecule has 0 heterocycles. The predicted octanol–water partition coefficient (Wildman–Crippen LogP) is 4.84. The number of rotatable bonds is 12. The SMILES string of the molecule is CC(C)CNC(=O)C(C)N(Cc1cccc(Br)c1)C(=O)CCCN(c1cccc(Cl)c1)S(C)(=O)=O. The predicted molar refractivity (Wildman–Crippen MR) is 145 cm³/mol. The van der Waals surface area contributed by atoms with Crippen LogP contribution in [0.1, 0.15) is 39.2 Å². The maximum Gasteiger partial charge on any atom is 0.242 e. The van der Waals surface area contributed by atoms with Crippen molar-refractivity contribution in [1.29, 1.82) is 0 Å². The molecule has 0 fully saturated rings. The number of halogens is 2. The molecule has 0 aliphatic heterocycles. The number of benzene rings is 2. The van der Waals surface area contributed by atoms with Gasteiger partial charge < -0.3 is 10.2 Å². The van der Waals surface area contributed by atoms with Gasteiger partial charge in [-0.2, -0.15) is 0 Å². The summed E-state index contributed by atoms with van der Waals surface area (Å²) in [4.78, 5) is 27.6. The van der Waals surface area contributed by atoms with E-state index in [2.05, 4.69) is 21.2 Å². The van der Waals surface area contributed by atoms with Gasteiger partial charge in [-0.15, -0.1) is 0 Å². The molecule has 0 radical (unpaired) electrons. The molecule has 0 aliphatic carbocycles. The summed E-state index contributed by atoms with van der Waals surface area (Å²) in [5.41, 5.74) is 1.33. The van der Waals surface area contributed by atoms with E-state index in [-0.39, 0.29) is 43.7 Å². The number of hydrogen-bond acceptors (Lipinski definition) is 4. The zero-order valence-electron chi connectivity index (χ0n) is 20.5. The number of sulfonamides is 1. The Balaban J connectivity index is 2.16. The van der Waals surface area contributed by atoms with E-state index in [1.807, 2.05) is 38.1 Å². The smallest absolute Gasteiger partial charge is 0.242 e. The molecule has 2 aromatic rings. The van der Waals surface area contributed by atoms with Crippen molar-refractivity contribution in [1.82, 2.24) is 10.2 Å². The maximum atomic E-state index is 13.3. The van der Waals surface area contributed by atoms with Crippen molar-refractivity contribution in [3.63, 3.8) is 0 Å². The van der Waals surface area contributed by atoms with Gasteiger partial charge in [-0.3, -0.25) is 13.9 Å². The highest BCUT2D eigenvalue weighted by atomic mass is 79.9. The van der Waals surface area contributed by atoms with Crippen LogP contribution in [0.4, 0.5) is 5.69 Å². The van der Waals surface area contributed by atoms with E-state index in [1.165, 1.54) is 4.31 Å². The second-order valence-corrected chi connectivity index (χ2v) is 12.1. The van der Waals surface area contributed by atoms with Gasteiger partial charge in [0.05, 0.1) is 11.9 Å². The van der Waals surface area contributed by atoms with Gasteiger partial charge in [0, 0.05) is 35.6 Å². The molecule has 2 rings (SSSR count). The Bertz CT molecular complexity index is 1130. The largest absolute Gasteiger partial charge is 0.354 e. The van der Waals surface area contributed by atoms with Gasteiger partial charge in [0.2, 0.25) is 21.8 Å². The lowest BCUT2D eigenvalue weighted by atomic mass is 10.1. The van der Waals surface area contributed by atoms with Crippen LogP contribution < -0.4 is 9.62 Å². The van der Waals surface area contributed by atoms with E-state index in [0.29, 0.717) is 17.3 Å². The van der Waals surface area contributed by atoms with Crippen molar-refractivity contribution < 1.29 is 18.0 Å². The molecule has 0 aromatic heterocycles. The Labute approximate surface area is 222 Å². The van der Waals surface area contributed by atoms with Crippen LogP contribution in [0.3, 0.4) is 0 Å². The molecule has 0 aliphatic rings. The molecule has 192 valence electrons. The molecular weight excluding hydrogens is 554 g/mol. The summed E-state index contributed by atoms with van der Waals surface area (Å²) in [6.45, 7) is 6.61. The van der Waals surface area contributed by atoms with E-state index in [1.54, 1.807) is 36.1 Å². The zero-order chi connectivity index (χ0) is 26.2. The van der Waals surface area contributed by atoms with Crippen LogP contribution in [0.15, 0.2) is 53.0 Å². The quantitative estimate of drug-likeness (QED) is 0.386. The summed E-state index contributed by atoms with van der Waals surface area (Å²) in [6, 6.07) is 13.5. The minimum Gasteiger partial charge on any atom is -0.354 e. The van der Waals surface area contributed by atoms with Crippen molar-refractivity contribution in [2.75, 3.05) is 23.7 Å². The van der Waals surface area contributed by atoms with Crippen molar-refractivity contribution in [2.45, 2.75) is 46.2 Å². The first-order chi connectivity index (χ1) is 16.4. The average Bonchev–Trinajstić information content (AvgIpc) is 2.77. The third kappa shape index (κ3) is 9.46. The first-order valence-corrected chi connectivity index (χ1v) is 14.4. The van der Waals surface area contributed by atoms with E-state index in [4.69, 9.17) is 11.6 Å². The monoisotopic (exact) mass is 585 g/mol. The lowest BCUT2D eigenvalue weighted by Crippen LogP contribution is -2.48. The van der Waals surface area contributed by atoms with Crippen LogP contribution in [0.5, 0.6) is 0 Å². The average molecular weight is 587 g/mol. The van der Waals surface area contributed by atoms with Crippen LogP contribution >= 0.6 is 27.5 Å². The van der Waals surface area contributed by atoms with Crippen LogP contribution in [0.2, 0.25) is 5.02 Å². The summed E-state index contributed by atoms with van der Waals surface area (Å²) in [5.74, 6) is -0.163. The number of carbonyl (C=O) groups is 2. The standard InChI is InChI=1S/C25H33BrClN3O4S/c1-18(2)16-28-25(32)19(3)29(17-20-8-5-9-21(26)14-20)24(31)12-7-13-30(35(4,33)34)23-11-6-10-22(27)15-23/h5-6,8-11,14-15,18-19H,7,12-13,16-17H2,1-4H3,(H,28,32). The van der Waals surface area contributed by atoms with E-state index < -0.39 is 16.1 Å². The Morgan fingerprint density at radius 1 is 1.09 bits per heavy atom. The second-order valence-electron chi connectivity index (χ2n) is 8.89. The van der Waals surface area contributed by atoms with Gasteiger partial charge in [0.25, 0.3) is 0 Å². The molecule has 10 heteroatoms. The minimum absolute atomic E-state index is 0.0857. The number of carbonyl (C=O) groups excluding carboxylic acids is 2. The Morgan fingerprint density at radius 2 is 1.77 bits per heavy atom. The lowest BCUT2D eigenvalue weighted by molar-refractivity contribution is -0.140. The fourth-order valence-electron chi connectivity index (χ4n) is 3.50. The topological polar surface area (TPSA) is 86.8 Å². The van der Waals surface area contributed by atoms with Gasteiger partial charge in [-0.05, 0) is 55.2 Å². The fourth-order valence-corrected chi connectivity index (χ4v) is 5.09. The Hall–Kier alpha value is -2.10. The number of anilines is 1. The fraction of sp³-hybridized carbons (Fsp3) is 0.440. The van der Waals surface area contributed by atoms with Crippen molar-refractivity contribution in [3.05, 3.63) is 63.6 Å². The summed E-state index contributed by atoms with van der Waals surface area (Å²) in [5, 5.41) is 3.32. The van der Waals surface area contributed by atoms with Gasteiger partial charge in [-0.25, -0.2) is 8.42 Å². The van der Waals surface area contributed by atoms with Crippen molar-refractivity contribution >= 4 is 55.1 Å². The van der Waals surface area contributed by atoms with Crippen molar-refractivity contribution in [3.8, 4) is 0 Å². The second kappa shape index (κ2) is 13.3. The molecule has 7 nitrogen and oxygen atoms in total. The zero-order valence-corrected chi connectivity index (χ0v) is 23.7. The molecule has 1 atom stereocenters. The van der Waals surface area contributed by atoms with Crippen LogP contribution in [0.25, 0.3) is 0 Å². The summed E-state index contributed by atoms with van der Waals surface area (Å²) >= 11 is 9.48. The molecular formula is C25H33BrClN3O4S. The highest BCUT2D eigenvalue weighted by Crippen LogP contribution is 2.23. The van der Waals surface area contributed by atoms with Crippen LogP contribution in [-0.2, 0) is 26.2 Å². The minimum atomic E-state index is -3.57. The Morgan fingerprint density at radius 3 is 2.37 bits per heavy atom. The number of nitrogens with zero attached hydrogens (tertiary/aromatic N) is 2. The molecule has 0 spiro atoms.